The van der Waals surface area contributed by atoms with E-state index in [4.69, 9.17) is 33.6 Å². The minimum absolute atomic E-state index is 0.0255. The standard InChI is InChI=1S/C22H19Cl2N9O2/c23-15-8-7-14(16(24)10-15)11-26-28-22(34)19-18(33(31-27-19)21-20(25)29-35-30-21)12-32-9-3-5-13-4-1-2-6-17(13)32/h1-2,4,6-8,10-11H,3,5,9,12H2,(H2,25,29)(H,28,34). The number of halogens is 2. The molecule has 0 saturated carbocycles. The van der Waals surface area contributed by atoms with Crippen LogP contribution in [0.2, 0.25) is 10.0 Å². The number of amides is 1. The van der Waals surface area contributed by atoms with E-state index in [1.165, 1.54) is 16.5 Å². The lowest BCUT2D eigenvalue weighted by Crippen LogP contribution is -2.31. The van der Waals surface area contributed by atoms with E-state index in [0.29, 0.717) is 27.8 Å². The van der Waals surface area contributed by atoms with Gasteiger partial charge in [-0.3, -0.25) is 4.79 Å². The zero-order valence-corrected chi connectivity index (χ0v) is 19.7. The van der Waals surface area contributed by atoms with E-state index in [2.05, 4.69) is 48.2 Å². The number of hydrazone groups is 1. The lowest BCUT2D eigenvalue weighted by molar-refractivity contribution is 0.0949. The van der Waals surface area contributed by atoms with Crippen LogP contribution in [0.3, 0.4) is 0 Å². The zero-order chi connectivity index (χ0) is 24.4. The zero-order valence-electron chi connectivity index (χ0n) is 18.2. The first kappa shape index (κ1) is 22.8. The topological polar surface area (TPSA) is 140 Å². The fourth-order valence-corrected chi connectivity index (χ4v) is 4.36. The average molecular weight is 512 g/mol. The van der Waals surface area contributed by atoms with E-state index in [0.717, 1.165) is 25.1 Å². The van der Waals surface area contributed by atoms with Crippen LogP contribution in [0.4, 0.5) is 11.5 Å². The van der Waals surface area contributed by atoms with Crippen LogP contribution in [0, 0.1) is 0 Å². The van der Waals surface area contributed by atoms with Crippen LogP contribution < -0.4 is 16.1 Å². The maximum absolute atomic E-state index is 13.0. The van der Waals surface area contributed by atoms with Crippen molar-refractivity contribution in [2.24, 2.45) is 5.10 Å². The Morgan fingerprint density at radius 3 is 2.89 bits per heavy atom. The smallest absolute Gasteiger partial charge is 0.293 e. The van der Waals surface area contributed by atoms with Crippen molar-refractivity contribution in [3.05, 3.63) is 75.0 Å². The van der Waals surface area contributed by atoms with Crippen molar-refractivity contribution in [1.29, 1.82) is 0 Å². The summed E-state index contributed by atoms with van der Waals surface area (Å²) in [5.74, 6) is -0.390. The molecular formula is C22H19Cl2N9O2. The molecule has 0 fully saturated rings. The van der Waals surface area contributed by atoms with Crippen LogP contribution in [-0.2, 0) is 13.0 Å². The molecule has 3 heterocycles. The number of carbonyl (C=O) groups excluding carboxylic acids is 1. The Morgan fingerprint density at radius 2 is 2.09 bits per heavy atom. The number of nitrogens with two attached hydrogens (primary N) is 1. The number of nitrogens with one attached hydrogen (secondary N) is 1. The van der Waals surface area contributed by atoms with Gasteiger partial charge in [-0.15, -0.1) is 5.10 Å². The number of nitrogen functional groups attached to an aromatic ring is 1. The molecular weight excluding hydrogens is 493 g/mol. The molecule has 0 aliphatic carbocycles. The third kappa shape index (κ3) is 4.68. The normalized spacial score (nSPS) is 13.3. The highest BCUT2D eigenvalue weighted by molar-refractivity contribution is 6.36. The summed E-state index contributed by atoms with van der Waals surface area (Å²) in [6, 6.07) is 13.1. The van der Waals surface area contributed by atoms with E-state index < -0.39 is 5.91 Å². The molecule has 178 valence electrons. The summed E-state index contributed by atoms with van der Waals surface area (Å²) in [6.07, 6.45) is 3.38. The second-order valence-corrected chi connectivity index (χ2v) is 8.63. The average Bonchev–Trinajstić information content (AvgIpc) is 3.46. The number of aryl methyl sites for hydroxylation is 1. The highest BCUT2D eigenvalue weighted by Gasteiger charge is 2.27. The summed E-state index contributed by atoms with van der Waals surface area (Å²) in [6.45, 7) is 1.12. The molecule has 0 unspecified atom stereocenters. The molecule has 0 atom stereocenters. The number of para-hydroxylation sites is 1. The van der Waals surface area contributed by atoms with Gasteiger partial charge >= 0.3 is 0 Å². The quantitative estimate of drug-likeness (QED) is 0.296. The van der Waals surface area contributed by atoms with Crippen molar-refractivity contribution in [3.63, 3.8) is 0 Å². The highest BCUT2D eigenvalue weighted by atomic mass is 35.5. The third-order valence-electron chi connectivity index (χ3n) is 5.55. The van der Waals surface area contributed by atoms with Gasteiger partial charge in [-0.1, -0.05) is 52.7 Å². The first-order valence-electron chi connectivity index (χ1n) is 10.7. The van der Waals surface area contributed by atoms with Gasteiger partial charge in [-0.05, 0) is 46.9 Å². The summed E-state index contributed by atoms with van der Waals surface area (Å²) >= 11 is 12.1. The Balaban J connectivity index is 1.45. The van der Waals surface area contributed by atoms with E-state index in [1.54, 1.807) is 18.2 Å². The molecule has 0 spiro atoms. The number of hydrogen-bond donors (Lipinski definition) is 2. The molecule has 1 aliphatic rings. The van der Waals surface area contributed by atoms with Crippen molar-refractivity contribution in [2.45, 2.75) is 19.4 Å². The third-order valence-corrected chi connectivity index (χ3v) is 6.12. The van der Waals surface area contributed by atoms with Crippen LogP contribution in [0.15, 0.2) is 52.2 Å². The molecule has 13 heteroatoms. The highest BCUT2D eigenvalue weighted by Crippen LogP contribution is 2.29. The fourth-order valence-electron chi connectivity index (χ4n) is 3.90. The predicted octanol–water partition coefficient (Wildman–Crippen LogP) is 3.26. The van der Waals surface area contributed by atoms with Crippen LogP contribution in [0.25, 0.3) is 5.82 Å². The minimum Gasteiger partial charge on any atom is -0.378 e. The number of nitrogens with zero attached hydrogens (tertiary/aromatic N) is 7. The Bertz CT molecular complexity index is 1420. The van der Waals surface area contributed by atoms with Crippen LogP contribution in [-0.4, -0.2) is 44.0 Å². The predicted molar refractivity (Wildman–Crippen MR) is 131 cm³/mol. The Labute approximate surface area is 209 Å². The maximum atomic E-state index is 13.0. The minimum atomic E-state index is -0.562. The number of carbonyl (C=O) groups is 1. The van der Waals surface area contributed by atoms with E-state index in [-0.39, 0.29) is 17.3 Å². The van der Waals surface area contributed by atoms with Gasteiger partial charge in [0, 0.05) is 22.8 Å². The van der Waals surface area contributed by atoms with Crippen molar-refractivity contribution < 1.29 is 9.42 Å². The van der Waals surface area contributed by atoms with Crippen molar-refractivity contribution in [1.82, 2.24) is 30.7 Å². The van der Waals surface area contributed by atoms with Crippen LogP contribution in [0.5, 0.6) is 0 Å². The Kier molecular flexibility index (Phi) is 6.34. The monoisotopic (exact) mass is 511 g/mol. The molecule has 0 bridgehead atoms. The Hall–Kier alpha value is -3.96. The molecule has 1 amide bonds. The number of rotatable bonds is 6. The Morgan fingerprint density at radius 1 is 1.23 bits per heavy atom. The maximum Gasteiger partial charge on any atom is 0.293 e. The lowest BCUT2D eigenvalue weighted by atomic mass is 10.0. The number of hydrogen-bond acceptors (Lipinski definition) is 9. The summed E-state index contributed by atoms with van der Waals surface area (Å²) in [5, 5.41) is 20.5. The molecule has 2 aromatic carbocycles. The first-order chi connectivity index (χ1) is 17.0. The molecule has 11 nitrogen and oxygen atoms in total. The van der Waals surface area contributed by atoms with Gasteiger partial charge in [0.1, 0.15) is 0 Å². The van der Waals surface area contributed by atoms with Gasteiger partial charge in [0.15, 0.2) is 5.69 Å². The lowest BCUT2D eigenvalue weighted by Gasteiger charge is -2.31. The second-order valence-electron chi connectivity index (χ2n) is 7.79. The van der Waals surface area contributed by atoms with Gasteiger partial charge in [0.05, 0.1) is 23.5 Å². The summed E-state index contributed by atoms with van der Waals surface area (Å²) in [4.78, 5) is 15.2. The van der Waals surface area contributed by atoms with Gasteiger partial charge in [-0.2, -0.15) is 9.78 Å². The van der Waals surface area contributed by atoms with Crippen LogP contribution in [0.1, 0.15) is 33.7 Å². The van der Waals surface area contributed by atoms with Crippen molar-refractivity contribution in [3.8, 4) is 5.82 Å². The van der Waals surface area contributed by atoms with E-state index in [9.17, 15) is 4.79 Å². The molecule has 4 aromatic rings. The van der Waals surface area contributed by atoms with Gasteiger partial charge in [-0.25, -0.2) is 10.1 Å². The van der Waals surface area contributed by atoms with Gasteiger partial charge < -0.3 is 10.6 Å². The fraction of sp³-hybridized carbons (Fsp3) is 0.182. The van der Waals surface area contributed by atoms with Crippen molar-refractivity contribution >= 4 is 46.8 Å². The van der Waals surface area contributed by atoms with Gasteiger partial charge in [0.2, 0.25) is 11.6 Å². The molecule has 0 radical (unpaired) electrons. The molecule has 35 heavy (non-hydrogen) atoms. The van der Waals surface area contributed by atoms with Crippen molar-refractivity contribution in [2.75, 3.05) is 17.2 Å². The summed E-state index contributed by atoms with van der Waals surface area (Å²) in [7, 11) is 0. The number of anilines is 2. The molecule has 1 aliphatic heterocycles. The number of benzene rings is 2. The molecule has 0 saturated heterocycles. The molecule has 2 aromatic heterocycles. The summed E-state index contributed by atoms with van der Waals surface area (Å²) < 4.78 is 6.09. The second kappa shape index (κ2) is 9.72. The van der Waals surface area contributed by atoms with E-state index in [1.807, 2.05) is 12.1 Å². The first-order valence-corrected chi connectivity index (χ1v) is 11.4. The SMILES string of the molecule is Nc1nonc1-n1nnc(C(=O)NN=Cc2ccc(Cl)cc2Cl)c1CN1CCCc2ccccc21. The van der Waals surface area contributed by atoms with Crippen LogP contribution >= 0.6 is 23.2 Å². The van der Waals surface area contributed by atoms with Gasteiger partial charge in [0.25, 0.3) is 5.91 Å². The number of fused-ring (bicyclic) bond motifs is 1. The molecule has 5 rings (SSSR count). The largest absolute Gasteiger partial charge is 0.378 e. The summed E-state index contributed by atoms with van der Waals surface area (Å²) in [5.41, 5.74) is 11.8. The number of aromatic nitrogens is 5. The van der Waals surface area contributed by atoms with E-state index >= 15 is 0 Å². The molecule has 3 N–H and O–H groups in total.